The summed E-state index contributed by atoms with van der Waals surface area (Å²) in [6.45, 7) is 1.67. The summed E-state index contributed by atoms with van der Waals surface area (Å²) in [5.41, 5.74) is 0. The second-order valence-corrected chi connectivity index (χ2v) is 3.69. The molecule has 1 heterocycles. The van der Waals surface area contributed by atoms with E-state index in [0.717, 1.165) is 0 Å². The van der Waals surface area contributed by atoms with Crippen LogP contribution >= 0.6 is 0 Å². The van der Waals surface area contributed by atoms with Gasteiger partial charge < -0.3 is 14.6 Å². The number of methoxy groups -OCH3 is 1. The predicted molar refractivity (Wildman–Crippen MR) is 40.8 cm³/mol. The van der Waals surface area contributed by atoms with Crippen molar-refractivity contribution < 1.29 is 18.3 Å². The van der Waals surface area contributed by atoms with E-state index in [1.165, 1.54) is 7.11 Å². The van der Waals surface area contributed by atoms with Crippen molar-refractivity contribution >= 4 is 17.0 Å². The maximum absolute atomic E-state index is 10.9. The third-order valence-electron chi connectivity index (χ3n) is 2.00. The molecule has 1 aliphatic heterocycles. The van der Waals surface area contributed by atoms with Gasteiger partial charge in [0.1, 0.15) is 5.37 Å². The number of nitrogens with one attached hydrogen (secondary N) is 1. The Labute approximate surface area is 72.8 Å². The minimum atomic E-state index is -2.26. The van der Waals surface area contributed by atoms with Crippen molar-refractivity contribution in [3.8, 4) is 0 Å². The molecule has 1 saturated heterocycles. The summed E-state index contributed by atoms with van der Waals surface area (Å²) >= 11 is -2.26. The molecule has 1 N–H and O–H groups in total. The molecule has 1 fully saturated rings. The Kier molecular flexibility index (Phi) is 2.81. The molecule has 4 unspecified atom stereocenters. The van der Waals surface area contributed by atoms with Crippen molar-refractivity contribution in [3.63, 3.8) is 0 Å². The Morgan fingerprint density at radius 2 is 2.33 bits per heavy atom. The average molecular weight is 192 g/mol. The van der Waals surface area contributed by atoms with Crippen LogP contribution in [-0.2, 0) is 20.6 Å². The van der Waals surface area contributed by atoms with Crippen molar-refractivity contribution in [1.82, 2.24) is 5.32 Å². The van der Waals surface area contributed by atoms with Crippen LogP contribution in [0.3, 0.4) is 0 Å². The number of hydrogen-bond donors (Lipinski definition) is 1. The molecule has 0 aromatic carbocycles. The molecule has 0 radical (unpaired) electrons. The van der Waals surface area contributed by atoms with Crippen LogP contribution in [0.2, 0.25) is 0 Å². The zero-order valence-electron chi connectivity index (χ0n) is 6.77. The average Bonchev–Trinajstić information content (AvgIpc) is 1.99. The van der Waals surface area contributed by atoms with Crippen LogP contribution in [-0.4, -0.2) is 33.3 Å². The number of hydrogen-bond acceptors (Lipinski definition) is 4. The van der Waals surface area contributed by atoms with E-state index in [2.05, 4.69) is 5.32 Å². The highest BCUT2D eigenvalue weighted by atomic mass is 32.2. The van der Waals surface area contributed by atoms with Gasteiger partial charge in [-0.1, -0.05) is 0 Å². The Hall–Kier alpha value is -0.460. The lowest BCUT2D eigenvalue weighted by Gasteiger charge is -2.40. The van der Waals surface area contributed by atoms with E-state index in [9.17, 15) is 13.6 Å². The van der Waals surface area contributed by atoms with Crippen molar-refractivity contribution in [2.75, 3.05) is 7.11 Å². The molecule has 0 aromatic heterocycles. The standard InChI is InChI=1S/C6H11NO4S/c1-3(11-2)4-5(8)7-6(4)12(9)10/h3-4,6H,1-2H3,(H,7,8)(H,9,10)/p-1. The molecule has 6 heteroatoms. The van der Waals surface area contributed by atoms with Gasteiger partial charge in [-0.15, -0.1) is 0 Å². The quantitative estimate of drug-likeness (QED) is 0.458. The molecule has 0 bridgehead atoms. The van der Waals surface area contributed by atoms with Gasteiger partial charge in [-0.3, -0.25) is 9.00 Å². The zero-order valence-corrected chi connectivity index (χ0v) is 7.59. The summed E-state index contributed by atoms with van der Waals surface area (Å²) in [6.07, 6.45) is -0.360. The van der Waals surface area contributed by atoms with E-state index in [-0.39, 0.29) is 12.0 Å². The van der Waals surface area contributed by atoms with Gasteiger partial charge in [0.05, 0.1) is 12.0 Å². The van der Waals surface area contributed by atoms with Gasteiger partial charge in [0.25, 0.3) is 0 Å². The molecule has 1 aliphatic rings. The summed E-state index contributed by atoms with van der Waals surface area (Å²) < 4.78 is 25.8. The molecule has 12 heavy (non-hydrogen) atoms. The summed E-state index contributed by atoms with van der Waals surface area (Å²) in [6, 6.07) is 0. The summed E-state index contributed by atoms with van der Waals surface area (Å²) in [4.78, 5) is 10.9. The van der Waals surface area contributed by atoms with Crippen LogP contribution in [0.4, 0.5) is 0 Å². The Bertz CT molecular complexity index is 220. The fraction of sp³-hybridized carbons (Fsp3) is 0.833. The van der Waals surface area contributed by atoms with Gasteiger partial charge in [-0.05, 0) is 18.0 Å². The molecule has 70 valence electrons. The van der Waals surface area contributed by atoms with Crippen LogP contribution < -0.4 is 5.32 Å². The first-order valence-electron chi connectivity index (χ1n) is 3.49. The largest absolute Gasteiger partial charge is 0.771 e. The van der Waals surface area contributed by atoms with Gasteiger partial charge in [0.15, 0.2) is 0 Å². The van der Waals surface area contributed by atoms with E-state index in [1.54, 1.807) is 6.92 Å². The molecule has 0 spiro atoms. The van der Waals surface area contributed by atoms with Crippen LogP contribution in [0, 0.1) is 5.92 Å². The number of carbonyl (C=O) groups excluding carboxylic acids is 1. The van der Waals surface area contributed by atoms with Crippen LogP contribution in [0.1, 0.15) is 6.92 Å². The minimum Gasteiger partial charge on any atom is -0.771 e. The van der Waals surface area contributed by atoms with Gasteiger partial charge >= 0.3 is 0 Å². The third-order valence-corrected chi connectivity index (χ3v) is 2.82. The van der Waals surface area contributed by atoms with Gasteiger partial charge in [0.2, 0.25) is 5.91 Å². The molecular formula is C6H10NO4S-. The van der Waals surface area contributed by atoms with E-state index < -0.39 is 22.4 Å². The maximum atomic E-state index is 10.9. The van der Waals surface area contributed by atoms with E-state index in [1.807, 2.05) is 0 Å². The first kappa shape index (κ1) is 9.63. The lowest BCUT2D eigenvalue weighted by Crippen LogP contribution is -2.63. The highest BCUT2D eigenvalue weighted by Gasteiger charge is 2.43. The molecule has 1 amide bonds. The second kappa shape index (κ2) is 3.51. The maximum Gasteiger partial charge on any atom is 0.229 e. The van der Waals surface area contributed by atoms with Crippen molar-refractivity contribution in [2.24, 2.45) is 5.92 Å². The second-order valence-electron chi connectivity index (χ2n) is 2.66. The van der Waals surface area contributed by atoms with Crippen LogP contribution in [0.5, 0.6) is 0 Å². The van der Waals surface area contributed by atoms with Gasteiger partial charge in [-0.25, -0.2) is 0 Å². The summed E-state index contributed by atoms with van der Waals surface area (Å²) in [5, 5.41) is 1.49. The topological polar surface area (TPSA) is 78.5 Å². The molecule has 5 nitrogen and oxygen atoms in total. The summed E-state index contributed by atoms with van der Waals surface area (Å²) in [7, 11) is 1.45. The van der Waals surface area contributed by atoms with E-state index in [0.29, 0.717) is 0 Å². The lowest BCUT2D eigenvalue weighted by atomic mass is 9.96. The monoisotopic (exact) mass is 192 g/mol. The van der Waals surface area contributed by atoms with Gasteiger partial charge in [-0.2, -0.15) is 0 Å². The minimum absolute atomic E-state index is 0.265. The number of rotatable bonds is 3. The van der Waals surface area contributed by atoms with Crippen molar-refractivity contribution in [1.29, 1.82) is 0 Å². The molecule has 4 atom stereocenters. The first-order chi connectivity index (χ1) is 5.57. The van der Waals surface area contributed by atoms with E-state index >= 15 is 0 Å². The fourth-order valence-electron chi connectivity index (χ4n) is 1.14. The molecule has 0 aliphatic carbocycles. The Morgan fingerprint density at radius 1 is 1.75 bits per heavy atom. The third kappa shape index (κ3) is 1.50. The fourth-order valence-corrected chi connectivity index (χ4v) is 1.94. The van der Waals surface area contributed by atoms with E-state index in [4.69, 9.17) is 4.74 Å². The normalized spacial score (nSPS) is 33.4. The molecular weight excluding hydrogens is 182 g/mol. The number of carbonyl (C=O) groups is 1. The van der Waals surface area contributed by atoms with Crippen molar-refractivity contribution in [3.05, 3.63) is 0 Å². The van der Waals surface area contributed by atoms with Crippen LogP contribution in [0.25, 0.3) is 0 Å². The van der Waals surface area contributed by atoms with Crippen molar-refractivity contribution in [2.45, 2.75) is 18.4 Å². The zero-order chi connectivity index (χ0) is 9.30. The number of β-lactam (4-membered cyclic amide) rings is 1. The number of amides is 1. The Morgan fingerprint density at radius 3 is 2.67 bits per heavy atom. The SMILES string of the molecule is COC(C)C1C(=O)NC1S(=O)[O-]. The lowest BCUT2D eigenvalue weighted by molar-refractivity contribution is -0.138. The highest BCUT2D eigenvalue weighted by Crippen LogP contribution is 2.22. The Balaban J connectivity index is 2.61. The van der Waals surface area contributed by atoms with Crippen LogP contribution in [0.15, 0.2) is 0 Å². The predicted octanol–water partition coefficient (Wildman–Crippen LogP) is -1.03. The first-order valence-corrected chi connectivity index (χ1v) is 4.63. The highest BCUT2D eigenvalue weighted by molar-refractivity contribution is 7.80. The molecule has 0 aromatic rings. The summed E-state index contributed by atoms with van der Waals surface area (Å²) in [5.74, 6) is -0.827. The smallest absolute Gasteiger partial charge is 0.229 e. The molecule has 1 rings (SSSR count). The number of ether oxygens (including phenoxy) is 1. The van der Waals surface area contributed by atoms with Gasteiger partial charge in [0, 0.05) is 7.11 Å². The molecule has 0 saturated carbocycles.